The largest absolute Gasteiger partial charge is 0.503 e. The van der Waals surface area contributed by atoms with Gasteiger partial charge >= 0.3 is 12.0 Å². The molecule has 1 radical (unpaired) electrons. The van der Waals surface area contributed by atoms with Crippen LogP contribution in [0.3, 0.4) is 0 Å². The molecule has 1 atom stereocenters. The average Bonchev–Trinajstić information content (AvgIpc) is 3.39. The molecule has 3 N–H and O–H groups in total. The van der Waals surface area contributed by atoms with Gasteiger partial charge in [-0.15, -0.1) is 0 Å². The van der Waals surface area contributed by atoms with Crippen LogP contribution in [0, 0.1) is 10.1 Å². The van der Waals surface area contributed by atoms with Crippen molar-refractivity contribution in [1.82, 2.24) is 10.6 Å². The molecule has 2 rings (SSSR count). The van der Waals surface area contributed by atoms with Gasteiger partial charge in [-0.3, -0.25) is 20.2 Å². The van der Waals surface area contributed by atoms with E-state index < -0.39 is 23.0 Å². The molecule has 0 spiro atoms. The Hall–Kier alpha value is -3.63. The first-order chi connectivity index (χ1) is 18.6. The van der Waals surface area contributed by atoms with Gasteiger partial charge in [0.1, 0.15) is 23.9 Å². The van der Waals surface area contributed by atoms with E-state index in [-0.39, 0.29) is 17.1 Å². The van der Waals surface area contributed by atoms with Crippen LogP contribution in [0.2, 0.25) is 0 Å². The number of unbranched alkanes of at least 4 members (excludes halogenated alkanes) is 1. The molecule has 215 valence electrons. The van der Waals surface area contributed by atoms with E-state index in [2.05, 4.69) is 15.6 Å². The monoisotopic (exact) mass is 544 g/mol. The molecule has 0 saturated carbocycles. The van der Waals surface area contributed by atoms with Gasteiger partial charge in [0.2, 0.25) is 7.28 Å². The minimum atomic E-state index is -0.942. The molecule has 0 saturated heterocycles. The van der Waals surface area contributed by atoms with Crippen molar-refractivity contribution in [1.29, 1.82) is 0 Å². The summed E-state index contributed by atoms with van der Waals surface area (Å²) < 4.78 is 10.9. The zero-order chi connectivity index (χ0) is 30.1. The summed E-state index contributed by atoms with van der Waals surface area (Å²) in [5, 5.41) is 16.9. The lowest BCUT2D eigenvalue weighted by Crippen LogP contribution is -2.70. The van der Waals surface area contributed by atoms with Crippen LogP contribution in [0.4, 0.5) is 10.5 Å². The van der Waals surface area contributed by atoms with Crippen molar-refractivity contribution < 1.29 is 29.0 Å². The standard InChI is InChI=1S/C24H32BN4O6.2C2H6/c1-7-9-10-26-21(14(3)4)23(30)27-22(15(5)8-2)28-24(31)35-16(6)17-11-20-18(25-13-34-20)12-19(17)29(32)33;2*1-2/h10-12,16H,7-9,13H2,1-6H3,(H,27,30)(H,28,31);2*1-2H3/p+1. The van der Waals surface area contributed by atoms with Crippen molar-refractivity contribution in [3.05, 3.63) is 50.5 Å². The third-order valence-corrected chi connectivity index (χ3v) is 5.45. The van der Waals surface area contributed by atoms with Crippen LogP contribution in [0.5, 0.6) is 5.75 Å². The average molecular weight is 545 g/mol. The van der Waals surface area contributed by atoms with Crippen molar-refractivity contribution >= 4 is 36.6 Å². The highest BCUT2D eigenvalue weighted by Gasteiger charge is 2.28. The highest BCUT2D eigenvalue weighted by Crippen LogP contribution is 2.31. The fourth-order valence-electron chi connectivity index (χ4n) is 3.30. The number of nitrogens with one attached hydrogen (secondary N) is 3. The van der Waals surface area contributed by atoms with Crippen LogP contribution in [-0.2, 0) is 9.53 Å². The Labute approximate surface area is 233 Å². The number of fused-ring (bicyclic) bond motifs is 1. The Bertz CT molecular complexity index is 1080. The van der Waals surface area contributed by atoms with Crippen molar-refractivity contribution in [3.8, 4) is 5.75 Å². The van der Waals surface area contributed by atoms with Gasteiger partial charge in [0.15, 0.2) is 0 Å². The lowest BCUT2D eigenvalue weighted by Gasteiger charge is -2.18. The van der Waals surface area contributed by atoms with Crippen LogP contribution < -0.4 is 25.8 Å². The molecule has 10 nitrogen and oxygen atoms in total. The Morgan fingerprint density at radius 3 is 2.36 bits per heavy atom. The zero-order valence-electron chi connectivity index (χ0n) is 25.1. The molecule has 0 aromatic heterocycles. The number of carbonyl (C=O) groups is 2. The van der Waals surface area contributed by atoms with Gasteiger partial charge in [0, 0.05) is 18.1 Å². The Morgan fingerprint density at radius 1 is 1.18 bits per heavy atom. The van der Waals surface area contributed by atoms with E-state index in [1.807, 2.05) is 61.6 Å². The number of alkyl carbamates (subject to hydrolysis) is 1. The summed E-state index contributed by atoms with van der Waals surface area (Å²) in [5.74, 6) is 0.293. The SMILES string of the molecule is CC.CC.CCCC=[NH+]C(C(=O)NC(NC(=O)OC(C)c1cc2c(cc1[N+](=O)[O-])[B]CO2)=C(C)CC)=C(C)C. The maximum Gasteiger partial charge on any atom is 0.413 e. The molecule has 1 aromatic carbocycles. The summed E-state index contributed by atoms with van der Waals surface area (Å²) in [6, 6.07) is 2.93. The fraction of sp³-hybridized carbons (Fsp3) is 0.536. The number of hydrogen-bond donors (Lipinski definition) is 3. The van der Waals surface area contributed by atoms with Crippen molar-refractivity contribution in [2.75, 3.05) is 6.51 Å². The van der Waals surface area contributed by atoms with E-state index in [4.69, 9.17) is 9.47 Å². The smallest absolute Gasteiger partial charge is 0.413 e. The Morgan fingerprint density at radius 2 is 1.82 bits per heavy atom. The summed E-state index contributed by atoms with van der Waals surface area (Å²) in [5.41, 5.74) is 2.56. The molecular formula is C28H45BN4O6+. The van der Waals surface area contributed by atoms with Crippen LogP contribution in [0.25, 0.3) is 0 Å². The van der Waals surface area contributed by atoms with E-state index in [9.17, 15) is 19.7 Å². The van der Waals surface area contributed by atoms with E-state index >= 15 is 0 Å². The summed E-state index contributed by atoms with van der Waals surface area (Å²) in [6.45, 7) is 19.2. The number of ether oxygens (including phenoxy) is 2. The van der Waals surface area contributed by atoms with Gasteiger partial charge in [-0.2, -0.15) is 0 Å². The lowest BCUT2D eigenvalue weighted by atomic mass is 9.72. The number of nitro groups is 1. The number of carbonyl (C=O) groups excluding carboxylic acids is 2. The number of amides is 2. The summed E-state index contributed by atoms with van der Waals surface area (Å²) in [7, 11) is 1.74. The number of hydrogen-bond acceptors (Lipinski definition) is 6. The zero-order valence-corrected chi connectivity index (χ0v) is 25.1. The lowest BCUT2D eigenvalue weighted by molar-refractivity contribution is -0.388. The molecule has 0 bridgehead atoms. The summed E-state index contributed by atoms with van der Waals surface area (Å²) >= 11 is 0. The van der Waals surface area contributed by atoms with Gasteiger partial charge in [0.05, 0.1) is 17.0 Å². The summed E-state index contributed by atoms with van der Waals surface area (Å²) in [6.07, 6.45) is 2.31. The highest BCUT2D eigenvalue weighted by molar-refractivity contribution is 6.56. The first kappa shape index (κ1) is 35.4. The molecule has 1 heterocycles. The van der Waals surface area contributed by atoms with E-state index in [0.717, 1.165) is 24.0 Å². The second kappa shape index (κ2) is 18.6. The minimum Gasteiger partial charge on any atom is -0.503 e. The van der Waals surface area contributed by atoms with Gasteiger partial charge in [0.25, 0.3) is 11.4 Å². The molecule has 0 aliphatic carbocycles. The van der Waals surface area contributed by atoms with E-state index in [1.54, 1.807) is 14.2 Å². The number of nitrogens with zero attached hydrogens (tertiary/aromatic N) is 1. The molecule has 0 fully saturated rings. The molecule has 1 aromatic rings. The van der Waals surface area contributed by atoms with Crippen LogP contribution in [0.15, 0.2) is 34.8 Å². The maximum atomic E-state index is 12.9. The van der Waals surface area contributed by atoms with Crippen molar-refractivity contribution in [2.24, 2.45) is 0 Å². The normalized spacial score (nSPS) is 12.6. The minimum absolute atomic E-state index is 0.165. The molecule has 1 unspecified atom stereocenters. The quantitative estimate of drug-likeness (QED) is 0.133. The van der Waals surface area contributed by atoms with E-state index in [0.29, 0.717) is 29.8 Å². The molecule has 2 amide bonds. The predicted molar refractivity (Wildman–Crippen MR) is 156 cm³/mol. The summed E-state index contributed by atoms with van der Waals surface area (Å²) in [4.78, 5) is 39.7. The van der Waals surface area contributed by atoms with Crippen LogP contribution in [-0.4, -0.2) is 36.9 Å². The first-order valence-corrected chi connectivity index (χ1v) is 13.6. The van der Waals surface area contributed by atoms with Crippen molar-refractivity contribution in [3.63, 3.8) is 0 Å². The van der Waals surface area contributed by atoms with Gasteiger partial charge in [-0.1, -0.05) is 41.5 Å². The van der Waals surface area contributed by atoms with Gasteiger partial charge < -0.3 is 14.8 Å². The number of rotatable bonds is 10. The topological polar surface area (TPSA) is 134 Å². The second-order valence-corrected chi connectivity index (χ2v) is 8.37. The fourth-order valence-corrected chi connectivity index (χ4v) is 3.30. The maximum absolute atomic E-state index is 12.9. The molecule has 1 aliphatic rings. The third-order valence-electron chi connectivity index (χ3n) is 5.45. The van der Waals surface area contributed by atoms with E-state index in [1.165, 1.54) is 19.1 Å². The molecule has 1 aliphatic heterocycles. The number of nitro benzene ring substituents is 1. The highest BCUT2D eigenvalue weighted by atomic mass is 16.6. The Balaban J connectivity index is 0.00000344. The predicted octanol–water partition coefficient (Wildman–Crippen LogP) is 4.12. The van der Waals surface area contributed by atoms with Gasteiger partial charge in [-0.25, -0.2) is 9.79 Å². The van der Waals surface area contributed by atoms with Crippen LogP contribution in [0.1, 0.15) is 100 Å². The third kappa shape index (κ3) is 10.9. The van der Waals surface area contributed by atoms with Gasteiger partial charge in [-0.05, 0) is 57.6 Å². The number of benzene rings is 1. The Kier molecular flexibility index (Phi) is 16.9. The van der Waals surface area contributed by atoms with Crippen LogP contribution >= 0.6 is 0 Å². The molecule has 39 heavy (non-hydrogen) atoms. The second-order valence-electron chi connectivity index (χ2n) is 8.37. The first-order valence-electron chi connectivity index (χ1n) is 13.6. The number of allylic oxidation sites excluding steroid dienone is 2. The molecular weight excluding hydrogens is 499 g/mol. The van der Waals surface area contributed by atoms with Crippen molar-refractivity contribution in [2.45, 2.75) is 94.6 Å². The molecule has 11 heteroatoms.